The fourth-order valence-corrected chi connectivity index (χ4v) is 2.48. The van der Waals surface area contributed by atoms with Gasteiger partial charge in [0.2, 0.25) is 11.8 Å². The van der Waals surface area contributed by atoms with Gasteiger partial charge in [0, 0.05) is 24.4 Å². The van der Waals surface area contributed by atoms with Gasteiger partial charge in [-0.2, -0.15) is 0 Å². The van der Waals surface area contributed by atoms with Crippen molar-refractivity contribution in [1.29, 1.82) is 0 Å². The van der Waals surface area contributed by atoms with Crippen LogP contribution in [0.25, 0.3) is 0 Å². The summed E-state index contributed by atoms with van der Waals surface area (Å²) in [5.41, 5.74) is -0.0856. The van der Waals surface area contributed by atoms with Crippen molar-refractivity contribution < 1.29 is 4.42 Å². The van der Waals surface area contributed by atoms with Gasteiger partial charge < -0.3 is 9.40 Å². The molecule has 1 saturated heterocycles. The van der Waals surface area contributed by atoms with Crippen molar-refractivity contribution >= 4 is 0 Å². The first-order valence-electron chi connectivity index (χ1n) is 7.07. The van der Waals surface area contributed by atoms with Crippen LogP contribution in [0.3, 0.4) is 0 Å². The summed E-state index contributed by atoms with van der Waals surface area (Å²) in [6.45, 7) is 9.10. The third-order valence-corrected chi connectivity index (χ3v) is 3.63. The number of nitrogens with one attached hydrogen (secondary N) is 1. The Morgan fingerprint density at radius 3 is 2.90 bits per heavy atom. The number of rotatable bonds is 3. The molecule has 6 heteroatoms. The third-order valence-electron chi connectivity index (χ3n) is 3.63. The second-order valence-corrected chi connectivity index (χ2v) is 6.45. The Bertz CT molecular complexity index is 554. The van der Waals surface area contributed by atoms with Crippen LogP contribution in [0.1, 0.15) is 50.7 Å². The normalized spacial score (nSPS) is 20.6. The van der Waals surface area contributed by atoms with E-state index in [0.29, 0.717) is 5.92 Å². The molecule has 0 bridgehead atoms. The van der Waals surface area contributed by atoms with Gasteiger partial charge in [0.05, 0.1) is 12.5 Å². The first-order valence-corrected chi connectivity index (χ1v) is 7.07. The van der Waals surface area contributed by atoms with E-state index in [9.17, 15) is 0 Å². The molecule has 1 atom stereocenters. The monoisotopic (exact) mass is 275 g/mol. The molecule has 0 amide bonds. The zero-order valence-electron chi connectivity index (χ0n) is 12.3. The van der Waals surface area contributed by atoms with E-state index >= 15 is 0 Å². The second kappa shape index (κ2) is 5.01. The van der Waals surface area contributed by atoms with Gasteiger partial charge in [0.15, 0.2) is 0 Å². The van der Waals surface area contributed by atoms with Crippen LogP contribution in [-0.4, -0.2) is 38.2 Å². The standard InChI is InChI=1S/C14H21N5O/c1-14(2,3)13-18-17-12(20-13)10-4-7-19(8-10)9-11-15-5-6-16-11/h5-6,10H,4,7-9H2,1-3H3,(H,15,16)/t10-/m0/s1. The molecule has 108 valence electrons. The Kier molecular flexibility index (Phi) is 3.33. The van der Waals surface area contributed by atoms with E-state index in [1.165, 1.54) is 0 Å². The highest BCUT2D eigenvalue weighted by molar-refractivity contribution is 5.02. The summed E-state index contributed by atoms with van der Waals surface area (Å²) in [4.78, 5) is 9.77. The van der Waals surface area contributed by atoms with Gasteiger partial charge in [0.1, 0.15) is 5.82 Å². The molecule has 2 aromatic rings. The van der Waals surface area contributed by atoms with E-state index in [-0.39, 0.29) is 5.41 Å². The van der Waals surface area contributed by atoms with Gasteiger partial charge >= 0.3 is 0 Å². The number of imidazole rings is 1. The Hall–Kier alpha value is -1.69. The SMILES string of the molecule is CC(C)(C)c1nnc([C@H]2CCN(Cc3ncc[nH]3)C2)o1. The predicted octanol–water partition coefficient (Wildman–Crippen LogP) is 2.08. The Morgan fingerprint density at radius 1 is 1.40 bits per heavy atom. The second-order valence-electron chi connectivity index (χ2n) is 6.45. The van der Waals surface area contributed by atoms with Crippen LogP contribution in [0.2, 0.25) is 0 Å². The predicted molar refractivity (Wildman–Crippen MR) is 74.2 cm³/mol. The van der Waals surface area contributed by atoms with Crippen LogP contribution in [-0.2, 0) is 12.0 Å². The molecule has 0 spiro atoms. The van der Waals surface area contributed by atoms with Crippen LogP contribution in [0.5, 0.6) is 0 Å². The van der Waals surface area contributed by atoms with Gasteiger partial charge in [-0.1, -0.05) is 20.8 Å². The van der Waals surface area contributed by atoms with Gasteiger partial charge in [-0.3, -0.25) is 4.90 Å². The maximum Gasteiger partial charge on any atom is 0.221 e. The molecule has 0 aliphatic carbocycles. The minimum Gasteiger partial charge on any atom is -0.424 e. The Balaban J connectivity index is 1.63. The highest BCUT2D eigenvalue weighted by atomic mass is 16.4. The van der Waals surface area contributed by atoms with Crippen molar-refractivity contribution in [3.05, 3.63) is 30.0 Å². The van der Waals surface area contributed by atoms with Crippen LogP contribution in [0.15, 0.2) is 16.8 Å². The Morgan fingerprint density at radius 2 is 2.25 bits per heavy atom. The highest BCUT2D eigenvalue weighted by Gasteiger charge is 2.30. The van der Waals surface area contributed by atoms with Crippen LogP contribution in [0, 0.1) is 0 Å². The molecular weight excluding hydrogens is 254 g/mol. The van der Waals surface area contributed by atoms with E-state index in [4.69, 9.17) is 4.42 Å². The molecule has 0 saturated carbocycles. The maximum absolute atomic E-state index is 5.84. The van der Waals surface area contributed by atoms with Crippen LogP contribution >= 0.6 is 0 Å². The Labute approximate surface area is 118 Å². The van der Waals surface area contributed by atoms with Crippen molar-refractivity contribution in [3.8, 4) is 0 Å². The lowest BCUT2D eigenvalue weighted by molar-refractivity contribution is 0.307. The number of aromatic amines is 1. The quantitative estimate of drug-likeness (QED) is 0.928. The van der Waals surface area contributed by atoms with E-state index in [1.807, 2.05) is 6.20 Å². The number of H-pyrrole nitrogens is 1. The first kappa shape index (κ1) is 13.3. The van der Waals surface area contributed by atoms with Gasteiger partial charge in [-0.15, -0.1) is 10.2 Å². The average Bonchev–Trinajstić information content (AvgIpc) is 3.08. The summed E-state index contributed by atoms with van der Waals surface area (Å²) in [6.07, 6.45) is 4.71. The molecule has 0 aromatic carbocycles. The maximum atomic E-state index is 5.84. The molecule has 0 unspecified atom stereocenters. The minimum atomic E-state index is -0.0856. The summed E-state index contributed by atoms with van der Waals surface area (Å²) in [6, 6.07) is 0. The lowest BCUT2D eigenvalue weighted by atomic mass is 9.97. The molecule has 6 nitrogen and oxygen atoms in total. The van der Waals surface area contributed by atoms with Gasteiger partial charge in [-0.25, -0.2) is 4.98 Å². The first-order chi connectivity index (χ1) is 9.52. The summed E-state index contributed by atoms with van der Waals surface area (Å²) in [7, 11) is 0. The van der Waals surface area contributed by atoms with Crippen molar-refractivity contribution in [3.63, 3.8) is 0 Å². The highest BCUT2D eigenvalue weighted by Crippen LogP contribution is 2.29. The van der Waals surface area contributed by atoms with Crippen molar-refractivity contribution in [2.45, 2.75) is 45.1 Å². The summed E-state index contributed by atoms with van der Waals surface area (Å²) >= 11 is 0. The molecule has 1 fully saturated rings. The lowest BCUT2D eigenvalue weighted by Gasteiger charge is -2.13. The largest absolute Gasteiger partial charge is 0.424 e. The fourth-order valence-electron chi connectivity index (χ4n) is 2.48. The molecular formula is C14H21N5O. The van der Waals surface area contributed by atoms with Gasteiger partial charge in [0.25, 0.3) is 0 Å². The minimum absolute atomic E-state index is 0.0856. The molecule has 1 aliphatic heterocycles. The molecule has 3 rings (SSSR count). The number of aromatic nitrogens is 4. The van der Waals surface area contributed by atoms with E-state index in [0.717, 1.165) is 43.7 Å². The lowest BCUT2D eigenvalue weighted by Crippen LogP contribution is -2.20. The number of nitrogens with zero attached hydrogens (tertiary/aromatic N) is 4. The van der Waals surface area contributed by atoms with Crippen molar-refractivity contribution in [1.82, 2.24) is 25.1 Å². The topological polar surface area (TPSA) is 70.8 Å². The summed E-state index contributed by atoms with van der Waals surface area (Å²) in [5, 5.41) is 8.41. The molecule has 20 heavy (non-hydrogen) atoms. The molecule has 1 N–H and O–H groups in total. The van der Waals surface area contributed by atoms with Crippen LogP contribution < -0.4 is 0 Å². The summed E-state index contributed by atoms with van der Waals surface area (Å²) in [5.74, 6) is 2.84. The summed E-state index contributed by atoms with van der Waals surface area (Å²) < 4.78 is 5.84. The van der Waals surface area contributed by atoms with Crippen molar-refractivity contribution in [2.75, 3.05) is 13.1 Å². The number of hydrogen-bond acceptors (Lipinski definition) is 5. The van der Waals surface area contributed by atoms with Crippen LogP contribution in [0.4, 0.5) is 0 Å². The zero-order chi connectivity index (χ0) is 14.2. The van der Waals surface area contributed by atoms with E-state index in [2.05, 4.69) is 45.8 Å². The van der Waals surface area contributed by atoms with E-state index < -0.39 is 0 Å². The fraction of sp³-hybridized carbons (Fsp3) is 0.643. The average molecular weight is 275 g/mol. The third kappa shape index (κ3) is 2.75. The molecule has 1 aliphatic rings. The van der Waals surface area contributed by atoms with E-state index in [1.54, 1.807) is 6.20 Å². The molecule has 0 radical (unpaired) electrons. The zero-order valence-corrected chi connectivity index (χ0v) is 12.3. The molecule has 2 aromatic heterocycles. The molecule has 3 heterocycles. The van der Waals surface area contributed by atoms with Gasteiger partial charge in [-0.05, 0) is 13.0 Å². The number of hydrogen-bond donors (Lipinski definition) is 1. The van der Waals surface area contributed by atoms with Crippen molar-refractivity contribution in [2.24, 2.45) is 0 Å². The smallest absolute Gasteiger partial charge is 0.221 e. The number of likely N-dealkylation sites (tertiary alicyclic amines) is 1.